The molecule has 6 N–H and O–H groups in total. The highest BCUT2D eigenvalue weighted by Crippen LogP contribution is 2.22. The number of para-hydroxylation sites is 3. The molecular formula is C32H34Cl2N6O2. The van der Waals surface area contributed by atoms with Crippen molar-refractivity contribution in [2.45, 2.75) is 26.4 Å². The lowest BCUT2D eigenvalue weighted by Crippen LogP contribution is -3.00. The van der Waals surface area contributed by atoms with Crippen molar-refractivity contribution in [3.05, 3.63) is 119 Å². The van der Waals surface area contributed by atoms with Gasteiger partial charge in [0.1, 0.15) is 17.1 Å². The van der Waals surface area contributed by atoms with Gasteiger partial charge in [-0.3, -0.25) is 9.98 Å². The number of fused-ring (bicyclic) bond motifs is 8. The molecule has 0 amide bonds. The monoisotopic (exact) mass is 604 g/mol. The molecule has 42 heavy (non-hydrogen) atoms. The third kappa shape index (κ3) is 8.02. The number of hydrogen-bond acceptors (Lipinski definition) is 6. The Bertz CT molecular complexity index is 1540. The summed E-state index contributed by atoms with van der Waals surface area (Å²) < 4.78 is 12.4. The van der Waals surface area contributed by atoms with E-state index >= 15 is 0 Å². The molecule has 0 fully saturated rings. The molecule has 4 bridgehead atoms. The zero-order valence-electron chi connectivity index (χ0n) is 23.1. The number of halogens is 2. The summed E-state index contributed by atoms with van der Waals surface area (Å²) in [5, 5.41) is 14.3. The van der Waals surface area contributed by atoms with Gasteiger partial charge in [-0.1, -0.05) is 66.7 Å². The molecule has 0 spiro atoms. The first-order valence-corrected chi connectivity index (χ1v) is 13.6. The van der Waals surface area contributed by atoms with E-state index < -0.39 is 0 Å². The molecule has 2 heterocycles. The molecule has 218 valence electrons. The van der Waals surface area contributed by atoms with Crippen LogP contribution in [0.5, 0.6) is 0 Å². The minimum absolute atomic E-state index is 0. The summed E-state index contributed by atoms with van der Waals surface area (Å²) in [5.74, 6) is 1.56. The minimum Gasteiger partial charge on any atom is -1.00 e. The molecule has 0 unspecified atom stereocenters. The summed E-state index contributed by atoms with van der Waals surface area (Å²) >= 11 is 0. The van der Waals surface area contributed by atoms with Crippen LogP contribution in [0.3, 0.4) is 0 Å². The average Bonchev–Trinajstić information content (AvgIpc) is 2.97. The second-order valence-corrected chi connectivity index (χ2v) is 9.76. The Morgan fingerprint density at radius 3 is 1.45 bits per heavy atom. The van der Waals surface area contributed by atoms with Crippen molar-refractivity contribution in [2.24, 2.45) is 0 Å². The van der Waals surface area contributed by atoms with Gasteiger partial charge in [-0.05, 0) is 35.9 Å². The molecule has 4 aromatic carbocycles. The number of nitrogens with one attached hydrogen (secondary N) is 6. The van der Waals surface area contributed by atoms with Crippen LogP contribution >= 0.6 is 0 Å². The Balaban J connectivity index is 0.00000202. The fraction of sp³-hybridized carbons (Fsp3) is 0.188. The Hall–Kier alpha value is -4.08. The Kier molecular flexibility index (Phi) is 11.2. The van der Waals surface area contributed by atoms with Gasteiger partial charge in [0, 0.05) is 16.7 Å². The quantitative estimate of drug-likeness (QED) is 0.124. The zero-order valence-corrected chi connectivity index (χ0v) is 24.6. The highest BCUT2D eigenvalue weighted by molar-refractivity contribution is 6.01. The van der Waals surface area contributed by atoms with Crippen LogP contribution in [-0.4, -0.2) is 25.0 Å². The highest BCUT2D eigenvalue weighted by Gasteiger charge is 2.17. The summed E-state index contributed by atoms with van der Waals surface area (Å²) in [5.41, 5.74) is 8.20. The lowest BCUT2D eigenvalue weighted by atomic mass is 10.1. The molecule has 0 aliphatic carbocycles. The van der Waals surface area contributed by atoms with Gasteiger partial charge in [0.15, 0.2) is 0 Å². The second-order valence-electron chi connectivity index (χ2n) is 9.76. The molecule has 0 radical (unpaired) electrons. The SMILES string of the molecule is [Cl-].[Cl-].c1cc2cc(c1)NC1=[NH+]CC[NH+]=C(Nc3ccccc3COC2)Nc2ccccc2COCc2ccccc2N1. The molecule has 8 nitrogen and oxygen atoms in total. The molecule has 0 atom stereocenters. The highest BCUT2D eigenvalue weighted by atomic mass is 35.5. The van der Waals surface area contributed by atoms with Gasteiger partial charge in [0.05, 0.1) is 45.2 Å². The standard InChI is InChI=1S/C32H32N6O2.2ClH/c1-5-14-29-24(9-1)20-39-19-23-8-7-12-27(18-23)35-31-33-16-17-34-32(37-29)38-30-15-6-3-11-26(30)22-40-21-25-10-2-4-13-28(25)36-31;;/h1-15,18H,16-17,19-22H2,(H2,33,35,36)(H2,34,37,38);2*1H. The lowest BCUT2D eigenvalue weighted by molar-refractivity contribution is -0.538. The normalized spacial score (nSPS) is 15.0. The number of rotatable bonds is 0. The molecule has 0 saturated heterocycles. The molecule has 4 aromatic rings. The predicted molar refractivity (Wildman–Crippen MR) is 159 cm³/mol. The van der Waals surface area contributed by atoms with E-state index in [9.17, 15) is 0 Å². The van der Waals surface area contributed by atoms with Crippen LogP contribution < -0.4 is 56.1 Å². The van der Waals surface area contributed by atoms with Crippen molar-refractivity contribution in [1.82, 2.24) is 0 Å². The van der Waals surface area contributed by atoms with Gasteiger partial charge >= 0.3 is 11.9 Å². The first-order valence-electron chi connectivity index (χ1n) is 13.6. The van der Waals surface area contributed by atoms with Gasteiger partial charge in [0.2, 0.25) is 0 Å². The predicted octanol–water partition coefficient (Wildman–Crippen LogP) is -3.62. The first kappa shape index (κ1) is 30.9. The summed E-state index contributed by atoms with van der Waals surface area (Å²) in [6.07, 6.45) is 0. The molecule has 2 aliphatic heterocycles. The van der Waals surface area contributed by atoms with E-state index in [2.05, 4.69) is 85.8 Å². The van der Waals surface area contributed by atoms with Crippen LogP contribution in [0.4, 0.5) is 22.7 Å². The van der Waals surface area contributed by atoms with Crippen molar-refractivity contribution in [1.29, 1.82) is 0 Å². The maximum atomic E-state index is 6.23. The second kappa shape index (κ2) is 15.2. The molecule has 0 aromatic heterocycles. The summed E-state index contributed by atoms with van der Waals surface area (Å²) in [4.78, 5) is 7.08. The van der Waals surface area contributed by atoms with Gasteiger partial charge in [0.25, 0.3) is 0 Å². The van der Waals surface area contributed by atoms with Gasteiger partial charge in [-0.15, -0.1) is 0 Å². The summed E-state index contributed by atoms with van der Waals surface area (Å²) in [7, 11) is 0. The van der Waals surface area contributed by atoms with Gasteiger partial charge in [-0.2, -0.15) is 0 Å². The van der Waals surface area contributed by atoms with E-state index in [1.165, 1.54) is 0 Å². The fourth-order valence-electron chi connectivity index (χ4n) is 4.76. The number of hydrogen-bond donors (Lipinski definition) is 6. The van der Waals surface area contributed by atoms with E-state index in [1.54, 1.807) is 0 Å². The third-order valence-corrected chi connectivity index (χ3v) is 6.80. The molecular weight excluding hydrogens is 571 g/mol. The fourth-order valence-corrected chi connectivity index (χ4v) is 4.76. The van der Waals surface area contributed by atoms with Crippen LogP contribution in [0.25, 0.3) is 0 Å². The lowest BCUT2D eigenvalue weighted by Gasteiger charge is -2.13. The van der Waals surface area contributed by atoms with Gasteiger partial charge in [-0.25, -0.2) is 21.3 Å². The van der Waals surface area contributed by atoms with Crippen molar-refractivity contribution < 1.29 is 44.3 Å². The average molecular weight is 606 g/mol. The van der Waals surface area contributed by atoms with Crippen LogP contribution in [0.15, 0.2) is 97.1 Å². The zero-order chi connectivity index (χ0) is 27.0. The van der Waals surface area contributed by atoms with Crippen LogP contribution in [0, 0.1) is 0 Å². The van der Waals surface area contributed by atoms with Crippen LogP contribution in [-0.2, 0) is 35.9 Å². The minimum atomic E-state index is 0. The van der Waals surface area contributed by atoms with E-state index in [0.29, 0.717) is 39.5 Å². The van der Waals surface area contributed by atoms with Crippen molar-refractivity contribution in [3.63, 3.8) is 0 Å². The van der Waals surface area contributed by atoms with Gasteiger partial charge < -0.3 is 34.3 Å². The van der Waals surface area contributed by atoms with Crippen LogP contribution in [0.1, 0.15) is 22.3 Å². The van der Waals surface area contributed by atoms with Crippen LogP contribution in [0.2, 0.25) is 0 Å². The van der Waals surface area contributed by atoms with E-state index in [1.807, 2.05) is 42.5 Å². The first-order chi connectivity index (χ1) is 19.8. The Labute approximate surface area is 258 Å². The van der Waals surface area contributed by atoms with E-state index in [-0.39, 0.29) is 24.8 Å². The van der Waals surface area contributed by atoms with E-state index in [0.717, 1.165) is 56.9 Å². The van der Waals surface area contributed by atoms with E-state index in [4.69, 9.17) is 9.47 Å². The molecule has 10 heteroatoms. The largest absolute Gasteiger partial charge is 1.00 e. The summed E-state index contributed by atoms with van der Waals surface area (Å²) in [6.45, 7) is 3.23. The maximum Gasteiger partial charge on any atom is 0.353 e. The number of benzene rings is 4. The molecule has 6 rings (SSSR count). The molecule has 2 aliphatic rings. The number of ether oxygens (including phenoxy) is 2. The maximum absolute atomic E-state index is 6.23. The smallest absolute Gasteiger partial charge is 0.353 e. The Morgan fingerprint density at radius 2 is 0.929 bits per heavy atom. The topological polar surface area (TPSA) is 94.5 Å². The Morgan fingerprint density at radius 1 is 0.476 bits per heavy atom. The van der Waals surface area contributed by atoms with Crippen molar-refractivity contribution >= 4 is 34.7 Å². The summed E-state index contributed by atoms with van der Waals surface area (Å²) in [6, 6.07) is 32.9. The molecule has 0 saturated carbocycles. The number of guanidine groups is 2. The van der Waals surface area contributed by atoms with Crippen molar-refractivity contribution in [2.75, 3.05) is 34.4 Å². The van der Waals surface area contributed by atoms with Crippen molar-refractivity contribution in [3.8, 4) is 0 Å². The number of anilines is 4. The third-order valence-electron chi connectivity index (χ3n) is 6.80.